The first-order valence-corrected chi connectivity index (χ1v) is 11.3. The van der Waals surface area contributed by atoms with Crippen molar-refractivity contribution >= 4 is 33.9 Å². The van der Waals surface area contributed by atoms with Crippen LogP contribution < -0.4 is 0 Å². The van der Waals surface area contributed by atoms with Gasteiger partial charge in [-0.2, -0.15) is 0 Å². The van der Waals surface area contributed by atoms with Gasteiger partial charge < -0.3 is 0 Å². The fourth-order valence-electron chi connectivity index (χ4n) is 1.30. The molecule has 0 nitrogen and oxygen atoms in total. The molecular weight excluding hydrogens is 147 g/mol. The molecule has 0 aliphatic carbocycles. The first-order valence-electron chi connectivity index (χ1n) is 4.15. The fourth-order valence-corrected chi connectivity index (χ4v) is 11.7. The molecule has 0 atom stereocenters. The average Bonchev–Trinajstić information content (AvgIpc) is 1.59. The SMILES string of the molecule is [Li][CH]([Si](C)(C)C)[Si](C)(C)C. The summed E-state index contributed by atoms with van der Waals surface area (Å²) in [4.78, 5) is 0. The van der Waals surface area contributed by atoms with Crippen LogP contribution in [-0.4, -0.2) is 33.9 Å². The Balaban J connectivity index is 4.23. The van der Waals surface area contributed by atoms with Gasteiger partial charge in [0.05, 0.1) is 0 Å². The van der Waals surface area contributed by atoms with Gasteiger partial charge in [-0.25, -0.2) is 0 Å². The van der Waals surface area contributed by atoms with Gasteiger partial charge in [-0.05, 0) is 0 Å². The van der Waals surface area contributed by atoms with Gasteiger partial charge in [0.1, 0.15) is 0 Å². The molecule has 0 fully saturated rings. The number of hydrogen-bond donors (Lipinski definition) is 0. The Bertz CT molecular complexity index is 95.8. The van der Waals surface area contributed by atoms with Crippen molar-refractivity contribution in [1.82, 2.24) is 0 Å². The van der Waals surface area contributed by atoms with Crippen LogP contribution in [0.5, 0.6) is 0 Å². The molecule has 0 amide bonds. The summed E-state index contributed by atoms with van der Waals surface area (Å²) in [6, 6.07) is 0. The van der Waals surface area contributed by atoms with E-state index in [0.29, 0.717) is 0 Å². The second-order valence-corrected chi connectivity index (χ2v) is 17.2. The molecule has 0 saturated heterocycles. The van der Waals surface area contributed by atoms with Crippen molar-refractivity contribution in [3.05, 3.63) is 0 Å². The number of hydrogen-bond acceptors (Lipinski definition) is 0. The number of rotatable bonds is 2. The molecule has 0 aromatic heterocycles. The van der Waals surface area contributed by atoms with E-state index in [-0.39, 0.29) is 0 Å². The fraction of sp³-hybridized carbons (Fsp3) is 1.00. The Morgan fingerprint density at radius 1 is 0.800 bits per heavy atom. The van der Waals surface area contributed by atoms with Crippen LogP contribution >= 0.6 is 0 Å². The van der Waals surface area contributed by atoms with E-state index in [1.54, 1.807) is 0 Å². The van der Waals surface area contributed by atoms with Crippen molar-refractivity contribution in [2.24, 2.45) is 0 Å². The Hall–Kier alpha value is 1.03. The van der Waals surface area contributed by atoms with Crippen molar-refractivity contribution in [3.63, 3.8) is 0 Å². The maximum absolute atomic E-state index is 2.48. The van der Waals surface area contributed by atoms with Crippen molar-refractivity contribution in [1.29, 1.82) is 0 Å². The molecule has 0 radical (unpaired) electrons. The van der Waals surface area contributed by atoms with E-state index < -0.39 is 16.1 Å². The minimum atomic E-state index is -0.834. The van der Waals surface area contributed by atoms with E-state index in [0.717, 1.165) is 3.84 Å². The summed E-state index contributed by atoms with van der Waals surface area (Å²) >= 11 is 2.46. The third-order valence-corrected chi connectivity index (χ3v) is 13.0. The molecule has 0 unspecified atom stereocenters. The molecular formula is C7H19LiSi2. The van der Waals surface area contributed by atoms with Gasteiger partial charge in [-0.15, -0.1) is 0 Å². The Morgan fingerprint density at radius 3 is 1.00 bits per heavy atom. The van der Waals surface area contributed by atoms with Crippen LogP contribution in [0.4, 0.5) is 0 Å². The van der Waals surface area contributed by atoms with Gasteiger partial charge in [0.2, 0.25) is 0 Å². The molecule has 56 valence electrons. The average molecular weight is 166 g/mol. The van der Waals surface area contributed by atoms with Crippen LogP contribution in [0, 0.1) is 0 Å². The topological polar surface area (TPSA) is 0 Å². The van der Waals surface area contributed by atoms with E-state index in [1.807, 2.05) is 0 Å². The van der Waals surface area contributed by atoms with Gasteiger partial charge in [-0.1, -0.05) is 0 Å². The van der Waals surface area contributed by atoms with E-state index in [9.17, 15) is 0 Å². The van der Waals surface area contributed by atoms with Gasteiger partial charge in [-0.3, -0.25) is 0 Å². The zero-order valence-electron chi connectivity index (χ0n) is 8.58. The Morgan fingerprint density at radius 2 is 1.00 bits per heavy atom. The molecule has 0 saturated carbocycles. The van der Waals surface area contributed by atoms with E-state index >= 15 is 0 Å². The van der Waals surface area contributed by atoms with Crippen LogP contribution in [0.2, 0.25) is 43.1 Å². The quantitative estimate of drug-likeness (QED) is 0.553. The van der Waals surface area contributed by atoms with Gasteiger partial charge in [0, 0.05) is 0 Å². The maximum atomic E-state index is 2.48. The second kappa shape index (κ2) is 3.18. The van der Waals surface area contributed by atoms with Crippen LogP contribution in [-0.2, 0) is 0 Å². The molecule has 0 rings (SSSR count). The molecule has 0 bridgehead atoms. The molecule has 0 aliphatic rings. The minimum absolute atomic E-state index is 0.834. The van der Waals surface area contributed by atoms with Crippen LogP contribution in [0.15, 0.2) is 0 Å². The van der Waals surface area contributed by atoms with Crippen molar-refractivity contribution in [2.75, 3.05) is 0 Å². The molecule has 0 spiro atoms. The normalized spacial score (nSPS) is 14.5. The zero-order valence-corrected chi connectivity index (χ0v) is 10.6. The predicted octanol–water partition coefficient (Wildman–Crippen LogP) is 2.70. The van der Waals surface area contributed by atoms with Gasteiger partial charge in [0.25, 0.3) is 0 Å². The first-order chi connectivity index (χ1) is 4.15. The molecule has 0 aromatic rings. The van der Waals surface area contributed by atoms with Gasteiger partial charge in [0.15, 0.2) is 0 Å². The Labute approximate surface area is 77.0 Å². The standard InChI is InChI=1S/C7H19Si2.Li/c1-8(2,3)7-9(4,5)6;/h7H,1-6H3;. The molecule has 10 heavy (non-hydrogen) atoms. The van der Waals surface area contributed by atoms with Crippen LogP contribution in [0.3, 0.4) is 0 Å². The molecule has 3 heteroatoms. The van der Waals surface area contributed by atoms with Gasteiger partial charge >= 0.3 is 77.0 Å². The van der Waals surface area contributed by atoms with E-state index in [1.165, 1.54) is 0 Å². The first kappa shape index (κ1) is 11.0. The zero-order chi connectivity index (χ0) is 8.58. The Kier molecular flexibility index (Phi) is 3.51. The summed E-state index contributed by atoms with van der Waals surface area (Å²) in [6.07, 6.45) is 0. The molecule has 0 N–H and O–H groups in total. The van der Waals surface area contributed by atoms with E-state index in [4.69, 9.17) is 0 Å². The summed E-state index contributed by atoms with van der Waals surface area (Å²) < 4.78 is 1.04. The summed E-state index contributed by atoms with van der Waals surface area (Å²) in [5, 5.41) is 0. The summed E-state index contributed by atoms with van der Waals surface area (Å²) in [7, 11) is -1.67. The van der Waals surface area contributed by atoms with Crippen LogP contribution in [0.25, 0.3) is 0 Å². The summed E-state index contributed by atoms with van der Waals surface area (Å²) in [6.45, 7) is 14.9. The predicted molar refractivity (Wildman–Crippen MR) is 56.2 cm³/mol. The molecule has 0 aromatic carbocycles. The van der Waals surface area contributed by atoms with Crippen molar-refractivity contribution < 1.29 is 0 Å². The summed E-state index contributed by atoms with van der Waals surface area (Å²) in [5.41, 5.74) is 0. The van der Waals surface area contributed by atoms with Crippen molar-refractivity contribution in [2.45, 2.75) is 43.1 Å². The van der Waals surface area contributed by atoms with Crippen LogP contribution in [0.1, 0.15) is 0 Å². The van der Waals surface area contributed by atoms with E-state index in [2.05, 4.69) is 57.0 Å². The second-order valence-electron chi connectivity index (χ2n) is 5.45. The molecule has 0 aliphatic heterocycles. The van der Waals surface area contributed by atoms with Crippen molar-refractivity contribution in [3.8, 4) is 0 Å². The third-order valence-electron chi connectivity index (χ3n) is 2.60. The monoisotopic (exact) mass is 166 g/mol. The summed E-state index contributed by atoms with van der Waals surface area (Å²) in [5.74, 6) is 0. The molecule has 0 heterocycles. The third kappa shape index (κ3) is 3.43.